The van der Waals surface area contributed by atoms with Crippen LogP contribution in [-0.4, -0.2) is 16.9 Å². The van der Waals surface area contributed by atoms with E-state index in [1.54, 1.807) is 0 Å². The maximum absolute atomic E-state index is 9.06. The Morgan fingerprint density at radius 2 is 2.25 bits per heavy atom. The average Bonchev–Trinajstić information content (AvgIpc) is 1.82. The Morgan fingerprint density at radius 3 is 2.38 bits per heavy atom. The number of rotatable bonds is 0. The van der Waals surface area contributed by atoms with Gasteiger partial charge in [0.15, 0.2) is 0 Å². The highest BCUT2D eigenvalue weighted by atomic mass is 16.3. The van der Waals surface area contributed by atoms with Crippen molar-refractivity contribution < 1.29 is 5.11 Å². The normalized spacial score (nSPS) is 47.6. The average molecular weight is 116 g/mol. The molecule has 0 amide bonds. The van der Waals surface area contributed by atoms with E-state index in [1.165, 1.54) is 0 Å². The summed E-state index contributed by atoms with van der Waals surface area (Å²) in [6.45, 7) is 0. The molecule has 1 aliphatic carbocycles. The highest BCUT2D eigenvalue weighted by Crippen LogP contribution is 2.22. The molecule has 2 atom stereocenters. The van der Waals surface area contributed by atoms with Gasteiger partial charge in [0.2, 0.25) is 0 Å². The SMILES string of the molecule is N[C@@H]1CC[C@@](N)(O)C1. The highest BCUT2D eigenvalue weighted by Gasteiger charge is 2.30. The van der Waals surface area contributed by atoms with Crippen molar-refractivity contribution in [3.05, 3.63) is 0 Å². The zero-order chi connectivity index (χ0) is 6.20. The molecule has 1 rings (SSSR count). The monoisotopic (exact) mass is 116 g/mol. The largest absolute Gasteiger partial charge is 0.376 e. The fourth-order valence-corrected chi connectivity index (χ4v) is 1.09. The van der Waals surface area contributed by atoms with E-state index < -0.39 is 5.72 Å². The summed E-state index contributed by atoms with van der Waals surface area (Å²) in [5.41, 5.74) is 9.86. The molecule has 8 heavy (non-hydrogen) atoms. The molecule has 1 fully saturated rings. The molecule has 0 aromatic heterocycles. The maximum atomic E-state index is 9.06. The van der Waals surface area contributed by atoms with Crippen molar-refractivity contribution in [3.63, 3.8) is 0 Å². The van der Waals surface area contributed by atoms with Gasteiger partial charge in [0.05, 0.1) is 0 Å². The third kappa shape index (κ3) is 1.18. The molecule has 5 N–H and O–H groups in total. The van der Waals surface area contributed by atoms with E-state index >= 15 is 0 Å². The van der Waals surface area contributed by atoms with Crippen LogP contribution in [0.15, 0.2) is 0 Å². The van der Waals surface area contributed by atoms with Gasteiger partial charge in [-0.3, -0.25) is 0 Å². The number of aliphatic hydroxyl groups is 1. The predicted octanol–water partition coefficient (Wildman–Crippen LogP) is -0.855. The second-order valence-corrected chi connectivity index (χ2v) is 2.61. The summed E-state index contributed by atoms with van der Waals surface area (Å²) in [4.78, 5) is 0. The van der Waals surface area contributed by atoms with Crippen LogP contribution < -0.4 is 11.5 Å². The second kappa shape index (κ2) is 1.69. The number of nitrogens with two attached hydrogens (primary N) is 2. The molecule has 3 nitrogen and oxygen atoms in total. The van der Waals surface area contributed by atoms with Crippen molar-refractivity contribution in [2.24, 2.45) is 11.5 Å². The van der Waals surface area contributed by atoms with Gasteiger partial charge in [-0.25, -0.2) is 0 Å². The molecule has 0 aliphatic heterocycles. The first-order chi connectivity index (χ1) is 3.60. The van der Waals surface area contributed by atoms with E-state index in [-0.39, 0.29) is 6.04 Å². The van der Waals surface area contributed by atoms with Crippen LogP contribution in [0.5, 0.6) is 0 Å². The Hall–Kier alpha value is -0.120. The molecule has 0 spiro atoms. The van der Waals surface area contributed by atoms with Gasteiger partial charge in [-0.2, -0.15) is 0 Å². The van der Waals surface area contributed by atoms with Gasteiger partial charge >= 0.3 is 0 Å². The van der Waals surface area contributed by atoms with Crippen LogP contribution in [0.2, 0.25) is 0 Å². The molecule has 0 bridgehead atoms. The fourth-order valence-electron chi connectivity index (χ4n) is 1.09. The molecule has 1 saturated carbocycles. The van der Waals surface area contributed by atoms with Crippen molar-refractivity contribution in [1.82, 2.24) is 0 Å². The third-order valence-electron chi connectivity index (χ3n) is 1.56. The lowest BCUT2D eigenvalue weighted by molar-refractivity contribution is 0.0535. The molecule has 0 radical (unpaired) electrons. The number of hydrogen-bond acceptors (Lipinski definition) is 3. The minimum atomic E-state index is -0.959. The van der Waals surface area contributed by atoms with Crippen LogP contribution in [0.3, 0.4) is 0 Å². The summed E-state index contributed by atoms with van der Waals surface area (Å²) >= 11 is 0. The van der Waals surface area contributed by atoms with Gasteiger partial charge in [-0.15, -0.1) is 0 Å². The van der Waals surface area contributed by atoms with Crippen molar-refractivity contribution in [2.75, 3.05) is 0 Å². The maximum Gasteiger partial charge on any atom is 0.115 e. The van der Waals surface area contributed by atoms with E-state index in [4.69, 9.17) is 16.6 Å². The van der Waals surface area contributed by atoms with Crippen LogP contribution in [-0.2, 0) is 0 Å². The molecule has 48 valence electrons. The van der Waals surface area contributed by atoms with E-state index in [1.807, 2.05) is 0 Å². The van der Waals surface area contributed by atoms with Gasteiger partial charge in [0, 0.05) is 12.5 Å². The van der Waals surface area contributed by atoms with Crippen molar-refractivity contribution in [1.29, 1.82) is 0 Å². The van der Waals surface area contributed by atoms with Crippen LogP contribution in [0.25, 0.3) is 0 Å². The molecular weight excluding hydrogens is 104 g/mol. The quantitative estimate of drug-likeness (QED) is 0.361. The zero-order valence-electron chi connectivity index (χ0n) is 4.80. The zero-order valence-corrected chi connectivity index (χ0v) is 4.80. The first-order valence-electron chi connectivity index (χ1n) is 2.87. The Labute approximate surface area is 48.7 Å². The highest BCUT2D eigenvalue weighted by molar-refractivity contribution is 4.85. The predicted molar refractivity (Wildman–Crippen MR) is 31.0 cm³/mol. The lowest BCUT2D eigenvalue weighted by Gasteiger charge is -2.13. The lowest BCUT2D eigenvalue weighted by atomic mass is 10.2. The van der Waals surface area contributed by atoms with E-state index in [9.17, 15) is 0 Å². The Bertz CT molecular complexity index is 92.4. The number of hydrogen-bond donors (Lipinski definition) is 3. The molecule has 0 heterocycles. The first kappa shape index (κ1) is 6.01. The van der Waals surface area contributed by atoms with Gasteiger partial charge < -0.3 is 16.6 Å². The van der Waals surface area contributed by atoms with Gasteiger partial charge in [-0.05, 0) is 12.8 Å². The first-order valence-corrected chi connectivity index (χ1v) is 2.87. The summed E-state index contributed by atoms with van der Waals surface area (Å²) in [6.07, 6.45) is 2.05. The van der Waals surface area contributed by atoms with E-state index in [0.717, 1.165) is 6.42 Å². The van der Waals surface area contributed by atoms with Crippen molar-refractivity contribution >= 4 is 0 Å². The topological polar surface area (TPSA) is 72.3 Å². The molecule has 0 aromatic carbocycles. The minimum Gasteiger partial charge on any atom is -0.376 e. The molecule has 0 aromatic rings. The summed E-state index contributed by atoms with van der Waals surface area (Å²) in [5, 5.41) is 9.06. The van der Waals surface area contributed by atoms with Crippen LogP contribution >= 0.6 is 0 Å². The minimum absolute atomic E-state index is 0.116. The standard InChI is InChI=1S/C5H12N2O/c6-4-1-2-5(7,8)3-4/h4,8H,1-3,6-7H2/t4-,5-/m1/s1. The van der Waals surface area contributed by atoms with Crippen LogP contribution in [0.4, 0.5) is 0 Å². The Morgan fingerprint density at radius 1 is 1.62 bits per heavy atom. The van der Waals surface area contributed by atoms with E-state index in [0.29, 0.717) is 12.8 Å². The smallest absolute Gasteiger partial charge is 0.115 e. The van der Waals surface area contributed by atoms with Crippen LogP contribution in [0, 0.1) is 0 Å². The summed E-state index contributed by atoms with van der Waals surface area (Å²) in [7, 11) is 0. The lowest BCUT2D eigenvalue weighted by Crippen LogP contribution is -2.37. The second-order valence-electron chi connectivity index (χ2n) is 2.61. The van der Waals surface area contributed by atoms with Crippen LogP contribution in [0.1, 0.15) is 19.3 Å². The third-order valence-corrected chi connectivity index (χ3v) is 1.56. The fraction of sp³-hybridized carbons (Fsp3) is 1.00. The summed E-state index contributed by atoms with van der Waals surface area (Å²) in [6, 6.07) is 0.116. The van der Waals surface area contributed by atoms with E-state index in [2.05, 4.69) is 0 Å². The van der Waals surface area contributed by atoms with Gasteiger partial charge in [0.1, 0.15) is 5.72 Å². The van der Waals surface area contributed by atoms with Gasteiger partial charge in [0.25, 0.3) is 0 Å². The van der Waals surface area contributed by atoms with Crippen molar-refractivity contribution in [3.8, 4) is 0 Å². The molecular formula is C5H12N2O. The Balaban J connectivity index is 2.44. The molecule has 0 saturated heterocycles. The summed E-state index contributed by atoms with van der Waals surface area (Å²) < 4.78 is 0. The molecule has 3 heteroatoms. The molecule has 1 aliphatic rings. The Kier molecular flexibility index (Phi) is 1.27. The summed E-state index contributed by atoms with van der Waals surface area (Å²) in [5.74, 6) is 0. The van der Waals surface area contributed by atoms with Gasteiger partial charge in [-0.1, -0.05) is 0 Å². The van der Waals surface area contributed by atoms with Crippen molar-refractivity contribution in [2.45, 2.75) is 31.0 Å². The molecule has 0 unspecified atom stereocenters.